The van der Waals surface area contributed by atoms with Crippen molar-refractivity contribution in [3.05, 3.63) is 83.7 Å². The SMILES string of the molecule is CC1C=CC=CC(ON([O-])c2ccc(C(C)(C)C)cc2)C1C(=O)Nc1ccc2cn[nH]c2c1. The molecule has 0 spiro atoms. The Balaban J connectivity index is 1.51. The third kappa shape index (κ3) is 5.16. The average Bonchev–Trinajstić information content (AvgIpc) is 3.16. The Kier molecular flexibility index (Phi) is 6.35. The third-order valence-electron chi connectivity index (χ3n) is 5.92. The van der Waals surface area contributed by atoms with Crippen LogP contribution in [0.5, 0.6) is 0 Å². The summed E-state index contributed by atoms with van der Waals surface area (Å²) in [6, 6.07) is 12.9. The molecule has 2 aromatic carbocycles. The topological polar surface area (TPSA) is 93.3 Å². The highest BCUT2D eigenvalue weighted by molar-refractivity contribution is 5.95. The molecule has 7 heteroatoms. The maximum atomic E-state index is 13.3. The molecule has 0 bridgehead atoms. The smallest absolute Gasteiger partial charge is 0.231 e. The molecule has 1 aliphatic rings. The second kappa shape index (κ2) is 9.21. The fraction of sp³-hybridized carbons (Fsp3) is 0.308. The lowest BCUT2D eigenvalue weighted by Gasteiger charge is -2.36. The second-order valence-corrected chi connectivity index (χ2v) is 9.44. The Bertz CT molecular complexity index is 1170. The van der Waals surface area contributed by atoms with E-state index in [0.717, 1.165) is 16.5 Å². The number of benzene rings is 2. The van der Waals surface area contributed by atoms with Gasteiger partial charge in [0.2, 0.25) is 5.91 Å². The Morgan fingerprint density at radius 3 is 2.58 bits per heavy atom. The lowest BCUT2D eigenvalue weighted by Crippen LogP contribution is -2.40. The molecule has 0 saturated carbocycles. The number of nitrogens with zero attached hydrogens (tertiary/aromatic N) is 2. The number of rotatable bonds is 5. The van der Waals surface area contributed by atoms with E-state index in [-0.39, 0.29) is 17.2 Å². The summed E-state index contributed by atoms with van der Waals surface area (Å²) in [5.41, 5.74) is 2.97. The minimum atomic E-state index is -0.731. The van der Waals surface area contributed by atoms with Gasteiger partial charge in [0.15, 0.2) is 0 Å². The molecule has 0 saturated heterocycles. The molecule has 1 heterocycles. The summed E-state index contributed by atoms with van der Waals surface area (Å²) in [6.45, 7) is 8.29. The van der Waals surface area contributed by atoms with E-state index in [4.69, 9.17) is 4.84 Å². The highest BCUT2D eigenvalue weighted by Gasteiger charge is 2.33. The maximum Gasteiger partial charge on any atom is 0.231 e. The number of hydrogen-bond acceptors (Lipinski definition) is 5. The van der Waals surface area contributed by atoms with Crippen molar-refractivity contribution < 1.29 is 9.63 Å². The number of H-pyrrole nitrogens is 1. The van der Waals surface area contributed by atoms with Gasteiger partial charge < -0.3 is 15.8 Å². The first-order valence-electron chi connectivity index (χ1n) is 11.1. The highest BCUT2D eigenvalue weighted by Crippen LogP contribution is 2.29. The first-order chi connectivity index (χ1) is 15.7. The van der Waals surface area contributed by atoms with Crippen molar-refractivity contribution in [2.45, 2.75) is 39.2 Å². The summed E-state index contributed by atoms with van der Waals surface area (Å²) >= 11 is 0. The molecule has 0 aliphatic heterocycles. The zero-order valence-electron chi connectivity index (χ0n) is 19.3. The molecule has 7 nitrogen and oxygen atoms in total. The van der Waals surface area contributed by atoms with Gasteiger partial charge in [0, 0.05) is 11.1 Å². The summed E-state index contributed by atoms with van der Waals surface area (Å²) in [5.74, 6) is -0.959. The maximum absolute atomic E-state index is 13.3. The number of carbonyl (C=O) groups is 1. The number of carbonyl (C=O) groups excluding carboxylic acids is 1. The van der Waals surface area contributed by atoms with Crippen molar-refractivity contribution in [2.24, 2.45) is 11.8 Å². The van der Waals surface area contributed by atoms with E-state index < -0.39 is 12.0 Å². The first kappa shape index (κ1) is 22.8. The number of aromatic amines is 1. The van der Waals surface area contributed by atoms with Crippen LogP contribution in [0.4, 0.5) is 11.4 Å². The fourth-order valence-electron chi connectivity index (χ4n) is 3.94. The van der Waals surface area contributed by atoms with E-state index in [1.54, 1.807) is 24.4 Å². The second-order valence-electron chi connectivity index (χ2n) is 9.44. The lowest BCUT2D eigenvalue weighted by atomic mass is 9.87. The molecular formula is C26H29N4O3-. The zero-order valence-corrected chi connectivity index (χ0v) is 19.3. The van der Waals surface area contributed by atoms with Crippen LogP contribution in [-0.4, -0.2) is 22.2 Å². The van der Waals surface area contributed by atoms with Crippen molar-refractivity contribution in [2.75, 3.05) is 10.5 Å². The summed E-state index contributed by atoms with van der Waals surface area (Å²) in [4.78, 5) is 19.0. The monoisotopic (exact) mass is 445 g/mol. The van der Waals surface area contributed by atoms with Crippen LogP contribution >= 0.6 is 0 Å². The van der Waals surface area contributed by atoms with Gasteiger partial charge in [0.1, 0.15) is 6.10 Å². The molecule has 3 atom stereocenters. The third-order valence-corrected chi connectivity index (χ3v) is 5.92. The van der Waals surface area contributed by atoms with Gasteiger partial charge in [-0.2, -0.15) is 5.10 Å². The van der Waals surface area contributed by atoms with Crippen molar-refractivity contribution >= 4 is 28.2 Å². The zero-order chi connectivity index (χ0) is 23.6. The molecule has 4 rings (SSSR count). The number of hydrogen-bond donors (Lipinski definition) is 2. The van der Waals surface area contributed by atoms with Gasteiger partial charge in [-0.25, -0.2) is 0 Å². The van der Waals surface area contributed by atoms with E-state index in [9.17, 15) is 10.0 Å². The molecule has 33 heavy (non-hydrogen) atoms. The quantitative estimate of drug-likeness (QED) is 0.507. The molecule has 3 aromatic rings. The van der Waals surface area contributed by atoms with Crippen molar-refractivity contribution in [3.8, 4) is 0 Å². The minimum absolute atomic E-state index is 0.0133. The standard InChI is InChI=1S/C26H29N4O3/c1-17-7-5-6-8-23(33-30(32)21-13-10-19(11-14-21)26(2,3)4)24(17)25(31)28-20-12-9-18-16-27-29-22(18)15-20/h5-17,23-24H,1-4H3,(H,27,29)(H,28,31)/q-1. The van der Waals surface area contributed by atoms with E-state index in [2.05, 4.69) is 36.3 Å². The van der Waals surface area contributed by atoms with Crippen molar-refractivity contribution in [1.82, 2.24) is 10.2 Å². The molecular weight excluding hydrogens is 416 g/mol. The predicted octanol–water partition coefficient (Wildman–Crippen LogP) is 5.48. The number of anilines is 2. The van der Waals surface area contributed by atoms with E-state index >= 15 is 0 Å². The Hall–Kier alpha value is -3.42. The van der Waals surface area contributed by atoms with Gasteiger partial charge in [-0.1, -0.05) is 64.1 Å². The molecule has 172 valence electrons. The molecule has 1 amide bonds. The average molecular weight is 446 g/mol. The van der Waals surface area contributed by atoms with Gasteiger partial charge in [0.05, 0.1) is 23.3 Å². The summed E-state index contributed by atoms with van der Waals surface area (Å²) in [5, 5.41) is 24.2. The Morgan fingerprint density at radius 2 is 1.85 bits per heavy atom. The van der Waals surface area contributed by atoms with Crippen LogP contribution < -0.4 is 10.5 Å². The summed E-state index contributed by atoms with van der Waals surface area (Å²) in [7, 11) is 0. The molecule has 1 aliphatic carbocycles. The van der Waals surface area contributed by atoms with Crippen molar-refractivity contribution in [3.63, 3.8) is 0 Å². The van der Waals surface area contributed by atoms with Crippen LogP contribution in [0.25, 0.3) is 10.9 Å². The summed E-state index contributed by atoms with van der Waals surface area (Å²) < 4.78 is 0. The van der Waals surface area contributed by atoms with Gasteiger partial charge in [-0.3, -0.25) is 14.7 Å². The van der Waals surface area contributed by atoms with Crippen LogP contribution in [-0.2, 0) is 15.0 Å². The van der Waals surface area contributed by atoms with Gasteiger partial charge in [-0.05, 0) is 47.2 Å². The van der Waals surface area contributed by atoms with E-state index in [1.165, 1.54) is 0 Å². The largest absolute Gasteiger partial charge is 0.733 e. The van der Waals surface area contributed by atoms with Crippen LogP contribution in [0, 0.1) is 17.0 Å². The van der Waals surface area contributed by atoms with Crippen LogP contribution in [0.2, 0.25) is 0 Å². The fourth-order valence-corrected chi connectivity index (χ4v) is 3.94. The molecule has 1 aromatic heterocycles. The number of allylic oxidation sites excluding steroid dienone is 3. The lowest BCUT2D eigenvalue weighted by molar-refractivity contribution is -0.125. The van der Waals surface area contributed by atoms with E-state index in [0.29, 0.717) is 16.6 Å². The molecule has 0 radical (unpaired) electrons. The molecule has 3 unspecified atom stereocenters. The first-order valence-corrected chi connectivity index (χ1v) is 11.1. The summed E-state index contributed by atoms with van der Waals surface area (Å²) in [6.07, 6.45) is 8.36. The number of nitrogens with one attached hydrogen (secondary N) is 2. The predicted molar refractivity (Wildman–Crippen MR) is 132 cm³/mol. The Labute approximate surface area is 193 Å². The van der Waals surface area contributed by atoms with Gasteiger partial charge in [0.25, 0.3) is 0 Å². The minimum Gasteiger partial charge on any atom is -0.733 e. The van der Waals surface area contributed by atoms with E-state index in [1.807, 2.05) is 55.5 Å². The van der Waals surface area contributed by atoms with Gasteiger partial charge >= 0.3 is 0 Å². The van der Waals surface area contributed by atoms with Crippen LogP contribution in [0.1, 0.15) is 33.3 Å². The highest BCUT2D eigenvalue weighted by atomic mass is 16.9. The van der Waals surface area contributed by atoms with Crippen molar-refractivity contribution in [1.29, 1.82) is 0 Å². The Morgan fingerprint density at radius 1 is 1.12 bits per heavy atom. The van der Waals surface area contributed by atoms with Crippen LogP contribution in [0.15, 0.2) is 73.0 Å². The molecule has 2 N–H and O–H groups in total. The number of fused-ring (bicyclic) bond motifs is 1. The van der Waals surface area contributed by atoms with Crippen LogP contribution in [0.3, 0.4) is 0 Å². The van der Waals surface area contributed by atoms with Gasteiger partial charge in [-0.15, -0.1) is 0 Å². The number of amides is 1. The normalized spacial score (nSPS) is 20.6. The number of aromatic nitrogens is 2. The molecule has 0 fully saturated rings.